The molecule has 6 atom stereocenters. The van der Waals surface area contributed by atoms with Crippen LogP contribution < -0.4 is 14.4 Å². The first-order chi connectivity index (χ1) is 23.1. The van der Waals surface area contributed by atoms with E-state index in [0.717, 1.165) is 49.4 Å². The molecule has 11 heteroatoms. The number of fused-ring (bicyclic) bond motifs is 4. The smallest absolute Gasteiger partial charge is 0.264 e. The van der Waals surface area contributed by atoms with Gasteiger partial charge in [-0.2, -0.15) is 0 Å². The molecule has 2 bridgehead atoms. The van der Waals surface area contributed by atoms with E-state index in [-0.39, 0.29) is 23.4 Å². The second kappa shape index (κ2) is 15.1. The Balaban J connectivity index is 1.36. The number of allylic oxidation sites excluding steroid dienone is 1. The number of halogens is 1. The highest BCUT2D eigenvalue weighted by molar-refractivity contribution is 7.90. The summed E-state index contributed by atoms with van der Waals surface area (Å²) in [7, 11) is -2.28. The second-order valence-electron chi connectivity index (χ2n) is 14.1. The van der Waals surface area contributed by atoms with Crippen LogP contribution in [-0.4, -0.2) is 78.9 Å². The Morgan fingerprint density at radius 1 is 1.08 bits per heavy atom. The van der Waals surface area contributed by atoms with Crippen molar-refractivity contribution in [2.24, 2.45) is 17.8 Å². The Morgan fingerprint density at radius 2 is 1.92 bits per heavy atom. The lowest BCUT2D eigenvalue weighted by molar-refractivity contribution is -0.0410. The van der Waals surface area contributed by atoms with E-state index in [1.54, 1.807) is 20.1 Å². The molecule has 0 unspecified atom stereocenters. The van der Waals surface area contributed by atoms with Gasteiger partial charge in [-0.3, -0.25) is 4.79 Å². The summed E-state index contributed by atoms with van der Waals surface area (Å²) in [6.45, 7) is 7.53. The van der Waals surface area contributed by atoms with Gasteiger partial charge in [0, 0.05) is 36.2 Å². The molecule has 2 aliphatic heterocycles. The minimum absolute atomic E-state index is 0.123. The van der Waals surface area contributed by atoms with Crippen molar-refractivity contribution in [2.75, 3.05) is 58.1 Å². The van der Waals surface area contributed by atoms with Crippen molar-refractivity contribution < 1.29 is 32.2 Å². The normalized spacial score (nSPS) is 30.6. The Bertz CT molecular complexity index is 1600. The molecule has 9 nitrogen and oxygen atoms in total. The molecule has 2 aromatic rings. The molecule has 0 aromatic heterocycles. The van der Waals surface area contributed by atoms with E-state index in [4.69, 9.17) is 30.5 Å². The van der Waals surface area contributed by atoms with E-state index in [0.29, 0.717) is 63.2 Å². The Hall–Kier alpha value is -2.63. The monoisotopic (exact) mass is 700 g/mol. The molecule has 0 radical (unpaired) electrons. The number of hydrogen-bond acceptors (Lipinski definition) is 8. The Kier molecular flexibility index (Phi) is 11.1. The summed E-state index contributed by atoms with van der Waals surface area (Å²) in [5.41, 5.74) is 3.39. The number of anilines is 1. The first-order valence-corrected chi connectivity index (χ1v) is 19.2. The maximum absolute atomic E-state index is 13.5. The fourth-order valence-corrected chi connectivity index (χ4v) is 9.29. The summed E-state index contributed by atoms with van der Waals surface area (Å²) >= 11 is 6.44. The molecule has 1 spiro atoms. The molecule has 1 fully saturated rings. The fraction of sp³-hybridized carbons (Fsp3) is 0.595. The van der Waals surface area contributed by atoms with Gasteiger partial charge in [0.2, 0.25) is 10.0 Å². The highest BCUT2D eigenvalue weighted by Crippen LogP contribution is 2.47. The van der Waals surface area contributed by atoms with E-state index in [2.05, 4.69) is 33.9 Å². The van der Waals surface area contributed by atoms with Crippen molar-refractivity contribution in [2.45, 2.75) is 69.1 Å². The van der Waals surface area contributed by atoms with Crippen LogP contribution in [0.4, 0.5) is 5.69 Å². The average molecular weight is 701 g/mol. The van der Waals surface area contributed by atoms with Gasteiger partial charge in [0.15, 0.2) is 0 Å². The minimum atomic E-state index is -3.93. The van der Waals surface area contributed by atoms with Gasteiger partial charge in [-0.25, -0.2) is 13.1 Å². The van der Waals surface area contributed by atoms with Crippen molar-refractivity contribution in [1.29, 1.82) is 0 Å². The largest absolute Gasteiger partial charge is 0.490 e. The standard InChI is InChI=1S/C37H49ClN2O7S/c1-25-6-4-8-34(46-19-18-45-17-16-44-3)31-12-9-29(31)22-40-23-37(15-5-7-27-20-30(38)11-13-32(27)37)24-47-35-14-10-28(21-33(35)40)36(41)39-48(42,43)26(25)2/h4,8,10-11,13-14,20-21,25-26,29,31,34H,5-7,9,12,15-19,22-24H2,1-3H3,(H,39,41)/b8-4-/t25-,26+,29-,31+,34-,37-/m0/s1. The van der Waals surface area contributed by atoms with Crippen LogP contribution in [0.1, 0.15) is 67.4 Å². The minimum Gasteiger partial charge on any atom is -0.490 e. The number of benzene rings is 2. The summed E-state index contributed by atoms with van der Waals surface area (Å²) in [6, 6.07) is 11.5. The number of nitrogens with one attached hydrogen (secondary N) is 1. The summed E-state index contributed by atoms with van der Waals surface area (Å²) in [6.07, 6.45) is 9.68. The molecule has 48 heavy (non-hydrogen) atoms. The van der Waals surface area contributed by atoms with Gasteiger partial charge in [-0.15, -0.1) is 0 Å². The lowest BCUT2D eigenvalue weighted by Crippen LogP contribution is -2.49. The maximum Gasteiger partial charge on any atom is 0.264 e. The van der Waals surface area contributed by atoms with Gasteiger partial charge in [-0.05, 0) is 105 Å². The zero-order valence-corrected chi connectivity index (χ0v) is 29.9. The van der Waals surface area contributed by atoms with Gasteiger partial charge in [0.05, 0.1) is 50.1 Å². The van der Waals surface area contributed by atoms with Crippen LogP contribution in [-0.2, 0) is 36.1 Å². The molecule has 2 aliphatic carbocycles. The molecule has 0 saturated heterocycles. The van der Waals surface area contributed by atoms with Crippen LogP contribution >= 0.6 is 11.6 Å². The van der Waals surface area contributed by atoms with E-state index in [1.807, 2.05) is 25.1 Å². The van der Waals surface area contributed by atoms with Crippen molar-refractivity contribution in [1.82, 2.24) is 4.72 Å². The molecule has 1 saturated carbocycles. The van der Waals surface area contributed by atoms with Gasteiger partial charge in [0.25, 0.3) is 5.91 Å². The highest BCUT2D eigenvalue weighted by atomic mass is 35.5. The number of amides is 1. The highest BCUT2D eigenvalue weighted by Gasteiger charge is 2.44. The van der Waals surface area contributed by atoms with Gasteiger partial charge in [-0.1, -0.05) is 36.7 Å². The van der Waals surface area contributed by atoms with Crippen LogP contribution in [0, 0.1) is 17.8 Å². The molecule has 1 N–H and O–H groups in total. The average Bonchev–Trinajstić information content (AvgIpc) is 3.20. The van der Waals surface area contributed by atoms with Gasteiger partial charge >= 0.3 is 0 Å². The molecular formula is C37H49ClN2O7S. The summed E-state index contributed by atoms with van der Waals surface area (Å²) in [5.74, 6) is 0.505. The molecule has 4 aliphatic rings. The third-order valence-corrected chi connectivity index (χ3v) is 13.1. The summed E-state index contributed by atoms with van der Waals surface area (Å²) in [4.78, 5) is 15.9. The molecule has 262 valence electrons. The topological polar surface area (TPSA) is 103 Å². The maximum atomic E-state index is 13.5. The van der Waals surface area contributed by atoms with Crippen molar-refractivity contribution in [3.63, 3.8) is 0 Å². The van der Waals surface area contributed by atoms with Crippen LogP contribution in [0.5, 0.6) is 5.75 Å². The SMILES string of the molecule is COCCOCCO[C@H]1/C=C\C[C@H](C)[C@@H](C)S(=O)(=O)NC(=O)c2ccc3c(c2)N(C[C@@H]2CC[C@H]21)C[C@@]1(CCCc2cc(Cl)ccc21)CO3. The van der Waals surface area contributed by atoms with Crippen molar-refractivity contribution in [3.8, 4) is 5.75 Å². The van der Waals surface area contributed by atoms with Crippen LogP contribution in [0.25, 0.3) is 0 Å². The third-order valence-electron chi connectivity index (χ3n) is 11.0. The lowest BCUT2D eigenvalue weighted by atomic mass is 9.68. The number of hydrogen-bond donors (Lipinski definition) is 1. The van der Waals surface area contributed by atoms with E-state index < -0.39 is 21.2 Å². The molecule has 2 aromatic carbocycles. The number of sulfonamides is 1. The number of aryl methyl sites for hydroxylation is 1. The van der Waals surface area contributed by atoms with Crippen LogP contribution in [0.15, 0.2) is 48.6 Å². The number of nitrogens with zero attached hydrogens (tertiary/aromatic N) is 1. The number of methoxy groups -OCH3 is 1. The predicted octanol–water partition coefficient (Wildman–Crippen LogP) is 5.93. The molecule has 1 amide bonds. The zero-order chi connectivity index (χ0) is 33.9. The van der Waals surface area contributed by atoms with Gasteiger partial charge in [0.1, 0.15) is 5.75 Å². The molecule has 2 heterocycles. The van der Waals surface area contributed by atoms with E-state index in [1.165, 1.54) is 11.1 Å². The quantitative estimate of drug-likeness (QED) is 0.280. The molecule has 6 rings (SSSR count). The second-order valence-corrected chi connectivity index (χ2v) is 16.5. The van der Waals surface area contributed by atoms with Crippen LogP contribution in [0.3, 0.4) is 0 Å². The van der Waals surface area contributed by atoms with E-state index >= 15 is 0 Å². The Morgan fingerprint density at radius 3 is 2.71 bits per heavy atom. The van der Waals surface area contributed by atoms with Crippen molar-refractivity contribution in [3.05, 3.63) is 70.3 Å². The van der Waals surface area contributed by atoms with Crippen molar-refractivity contribution >= 4 is 33.2 Å². The number of carbonyl (C=O) groups is 1. The number of rotatable bonds is 7. The van der Waals surface area contributed by atoms with Crippen LogP contribution in [0.2, 0.25) is 5.02 Å². The fourth-order valence-electron chi connectivity index (χ4n) is 7.81. The summed E-state index contributed by atoms with van der Waals surface area (Å²) in [5, 5.41) is -0.0344. The third kappa shape index (κ3) is 7.58. The number of ether oxygens (including phenoxy) is 4. The predicted molar refractivity (Wildman–Crippen MR) is 188 cm³/mol. The Labute approximate surface area is 290 Å². The van der Waals surface area contributed by atoms with Gasteiger partial charge < -0.3 is 23.8 Å². The number of carbonyl (C=O) groups excluding carboxylic acids is 1. The zero-order valence-electron chi connectivity index (χ0n) is 28.3. The molecular weight excluding hydrogens is 652 g/mol. The van der Waals surface area contributed by atoms with E-state index in [9.17, 15) is 13.2 Å². The lowest BCUT2D eigenvalue weighted by Gasteiger charge is -2.46. The first kappa shape index (κ1) is 35.2. The summed E-state index contributed by atoms with van der Waals surface area (Å²) < 4.78 is 53.0. The first-order valence-electron chi connectivity index (χ1n) is 17.3.